The van der Waals surface area contributed by atoms with Gasteiger partial charge in [-0.3, -0.25) is 0 Å². The van der Waals surface area contributed by atoms with Crippen LogP contribution in [0.1, 0.15) is 24.8 Å². The van der Waals surface area contributed by atoms with Gasteiger partial charge >= 0.3 is 0 Å². The predicted octanol–water partition coefficient (Wildman–Crippen LogP) is 1.69. The first-order chi connectivity index (χ1) is 6.18. The lowest BCUT2D eigenvalue weighted by Crippen LogP contribution is -2.22. The Morgan fingerprint density at radius 1 is 1.31 bits per heavy atom. The number of benzene rings is 1. The minimum atomic E-state index is 0.157. The van der Waals surface area contributed by atoms with Crippen LogP contribution in [0.25, 0.3) is 0 Å². The van der Waals surface area contributed by atoms with Crippen LogP contribution in [0, 0.1) is 0 Å². The standard InChI is InChI=1S/C11H16N2/c12-10-3-1-2-9(8-10)4-5-11(13)6-7-11/h1-3,8H,4-7,12-13H2. The smallest absolute Gasteiger partial charge is 0.0316 e. The molecule has 1 aromatic rings. The lowest BCUT2D eigenvalue weighted by Gasteiger charge is -2.08. The summed E-state index contributed by atoms with van der Waals surface area (Å²) >= 11 is 0. The van der Waals surface area contributed by atoms with E-state index in [0.717, 1.165) is 18.5 Å². The van der Waals surface area contributed by atoms with Crippen molar-refractivity contribution in [3.05, 3.63) is 29.8 Å². The van der Waals surface area contributed by atoms with E-state index in [1.54, 1.807) is 0 Å². The van der Waals surface area contributed by atoms with Gasteiger partial charge in [-0.25, -0.2) is 0 Å². The Morgan fingerprint density at radius 3 is 2.69 bits per heavy atom. The summed E-state index contributed by atoms with van der Waals surface area (Å²) < 4.78 is 0. The minimum absolute atomic E-state index is 0.157. The van der Waals surface area contributed by atoms with Crippen molar-refractivity contribution in [1.82, 2.24) is 0 Å². The Hall–Kier alpha value is -1.02. The molecule has 70 valence electrons. The number of hydrogen-bond acceptors (Lipinski definition) is 2. The van der Waals surface area contributed by atoms with Crippen molar-refractivity contribution in [3.8, 4) is 0 Å². The molecular weight excluding hydrogens is 160 g/mol. The number of hydrogen-bond donors (Lipinski definition) is 2. The van der Waals surface area contributed by atoms with Gasteiger partial charge in [0.05, 0.1) is 0 Å². The Morgan fingerprint density at radius 2 is 2.08 bits per heavy atom. The summed E-state index contributed by atoms with van der Waals surface area (Å²) in [6.45, 7) is 0. The molecule has 1 aliphatic carbocycles. The molecule has 0 aromatic heterocycles. The second-order valence-corrected chi connectivity index (χ2v) is 4.11. The molecule has 0 bridgehead atoms. The van der Waals surface area contributed by atoms with Crippen molar-refractivity contribution in [2.24, 2.45) is 5.73 Å². The minimum Gasteiger partial charge on any atom is -0.399 e. The average Bonchev–Trinajstić information content (AvgIpc) is 2.82. The highest BCUT2D eigenvalue weighted by atomic mass is 14.8. The van der Waals surface area contributed by atoms with Gasteiger partial charge in [0.25, 0.3) is 0 Å². The van der Waals surface area contributed by atoms with Crippen LogP contribution in [0.4, 0.5) is 5.69 Å². The normalized spacial score (nSPS) is 18.5. The average molecular weight is 176 g/mol. The summed E-state index contributed by atoms with van der Waals surface area (Å²) in [6.07, 6.45) is 4.53. The number of nitrogens with two attached hydrogens (primary N) is 2. The molecule has 0 atom stereocenters. The fraction of sp³-hybridized carbons (Fsp3) is 0.455. The van der Waals surface area contributed by atoms with Gasteiger partial charge in [-0.2, -0.15) is 0 Å². The predicted molar refractivity (Wildman–Crippen MR) is 55.3 cm³/mol. The molecular formula is C11H16N2. The third-order valence-electron chi connectivity index (χ3n) is 2.75. The third-order valence-corrected chi connectivity index (χ3v) is 2.75. The molecule has 1 aromatic carbocycles. The number of rotatable bonds is 3. The van der Waals surface area contributed by atoms with Crippen molar-refractivity contribution >= 4 is 5.69 Å². The molecule has 4 N–H and O–H groups in total. The summed E-state index contributed by atoms with van der Waals surface area (Å²) in [5, 5.41) is 0. The molecule has 2 nitrogen and oxygen atoms in total. The maximum absolute atomic E-state index is 6.00. The Kier molecular flexibility index (Phi) is 2.00. The summed E-state index contributed by atoms with van der Waals surface area (Å²) in [7, 11) is 0. The van der Waals surface area contributed by atoms with Gasteiger partial charge in [-0.1, -0.05) is 12.1 Å². The summed E-state index contributed by atoms with van der Waals surface area (Å²) in [4.78, 5) is 0. The number of nitrogen functional groups attached to an aromatic ring is 1. The Bertz CT molecular complexity index is 303. The van der Waals surface area contributed by atoms with Gasteiger partial charge in [0.15, 0.2) is 0 Å². The van der Waals surface area contributed by atoms with Crippen molar-refractivity contribution in [2.45, 2.75) is 31.2 Å². The van der Waals surface area contributed by atoms with Crippen LogP contribution >= 0.6 is 0 Å². The van der Waals surface area contributed by atoms with Gasteiger partial charge in [-0.05, 0) is 43.4 Å². The second kappa shape index (κ2) is 3.04. The SMILES string of the molecule is Nc1cccc(CCC2(N)CC2)c1. The maximum atomic E-state index is 6.00. The van der Waals surface area contributed by atoms with Crippen LogP contribution < -0.4 is 11.5 Å². The molecule has 1 aliphatic rings. The zero-order valence-electron chi connectivity index (χ0n) is 7.79. The lowest BCUT2D eigenvalue weighted by molar-refractivity contribution is 0.609. The molecule has 0 saturated heterocycles. The van der Waals surface area contributed by atoms with E-state index in [9.17, 15) is 0 Å². The molecule has 1 saturated carbocycles. The molecule has 1 fully saturated rings. The van der Waals surface area contributed by atoms with Gasteiger partial charge in [0.1, 0.15) is 0 Å². The highest BCUT2D eigenvalue weighted by Crippen LogP contribution is 2.36. The Balaban J connectivity index is 1.94. The van der Waals surface area contributed by atoms with Crippen molar-refractivity contribution in [3.63, 3.8) is 0 Å². The zero-order chi connectivity index (χ0) is 9.31. The molecule has 2 heteroatoms. The van der Waals surface area contributed by atoms with E-state index in [0.29, 0.717) is 0 Å². The molecule has 0 spiro atoms. The summed E-state index contributed by atoms with van der Waals surface area (Å²) in [5.74, 6) is 0. The van der Waals surface area contributed by atoms with E-state index < -0.39 is 0 Å². The molecule has 0 radical (unpaired) electrons. The van der Waals surface area contributed by atoms with E-state index in [1.807, 2.05) is 18.2 Å². The van der Waals surface area contributed by atoms with Gasteiger partial charge in [0.2, 0.25) is 0 Å². The number of aryl methyl sites for hydroxylation is 1. The van der Waals surface area contributed by atoms with Crippen LogP contribution in [0.5, 0.6) is 0 Å². The van der Waals surface area contributed by atoms with Crippen LogP contribution in [0.3, 0.4) is 0 Å². The topological polar surface area (TPSA) is 52.0 Å². The van der Waals surface area contributed by atoms with Gasteiger partial charge in [-0.15, -0.1) is 0 Å². The molecule has 0 heterocycles. The van der Waals surface area contributed by atoms with E-state index in [2.05, 4.69) is 6.07 Å². The largest absolute Gasteiger partial charge is 0.399 e. The van der Waals surface area contributed by atoms with Crippen LogP contribution in [0.15, 0.2) is 24.3 Å². The monoisotopic (exact) mass is 176 g/mol. The molecule has 0 aliphatic heterocycles. The first-order valence-electron chi connectivity index (χ1n) is 4.81. The van der Waals surface area contributed by atoms with Crippen molar-refractivity contribution in [2.75, 3.05) is 5.73 Å². The molecule has 0 unspecified atom stereocenters. The first kappa shape index (κ1) is 8.57. The lowest BCUT2D eigenvalue weighted by atomic mass is 10.0. The Labute approximate surface area is 78.9 Å². The highest BCUT2D eigenvalue weighted by Gasteiger charge is 2.37. The summed E-state index contributed by atoms with van der Waals surface area (Å²) in [5.41, 5.74) is 14.0. The van der Waals surface area contributed by atoms with Gasteiger partial charge in [0, 0.05) is 11.2 Å². The van der Waals surface area contributed by atoms with Crippen molar-refractivity contribution in [1.29, 1.82) is 0 Å². The van der Waals surface area contributed by atoms with E-state index in [-0.39, 0.29) is 5.54 Å². The van der Waals surface area contributed by atoms with E-state index >= 15 is 0 Å². The maximum Gasteiger partial charge on any atom is 0.0316 e. The zero-order valence-corrected chi connectivity index (χ0v) is 7.79. The first-order valence-corrected chi connectivity index (χ1v) is 4.81. The van der Waals surface area contributed by atoms with Crippen molar-refractivity contribution < 1.29 is 0 Å². The third kappa shape index (κ3) is 2.22. The van der Waals surface area contributed by atoms with Crippen LogP contribution in [-0.2, 0) is 6.42 Å². The van der Waals surface area contributed by atoms with Crippen LogP contribution in [0.2, 0.25) is 0 Å². The molecule has 2 rings (SSSR count). The number of anilines is 1. The second-order valence-electron chi connectivity index (χ2n) is 4.11. The van der Waals surface area contributed by atoms with Gasteiger partial charge < -0.3 is 11.5 Å². The highest BCUT2D eigenvalue weighted by molar-refractivity contribution is 5.40. The van der Waals surface area contributed by atoms with E-state index in [1.165, 1.54) is 18.4 Å². The molecule has 13 heavy (non-hydrogen) atoms. The fourth-order valence-corrected chi connectivity index (χ4v) is 1.55. The summed E-state index contributed by atoms with van der Waals surface area (Å²) in [6, 6.07) is 8.06. The fourth-order valence-electron chi connectivity index (χ4n) is 1.55. The van der Waals surface area contributed by atoms with Crippen LogP contribution in [-0.4, -0.2) is 5.54 Å². The molecule has 0 amide bonds. The quantitative estimate of drug-likeness (QED) is 0.689. The van der Waals surface area contributed by atoms with E-state index in [4.69, 9.17) is 11.5 Å².